The minimum atomic E-state index is -3.31. The highest BCUT2D eigenvalue weighted by atomic mass is 32.3. The van der Waals surface area contributed by atoms with Crippen LogP contribution < -0.4 is 9.47 Å². The van der Waals surface area contributed by atoms with Crippen LogP contribution in [0.15, 0.2) is 59.5 Å². The second-order valence-corrected chi connectivity index (χ2v) is 12.3. The molecular weight excluding hydrogens is 544 g/mol. The van der Waals surface area contributed by atoms with Gasteiger partial charge >= 0.3 is 5.97 Å². The van der Waals surface area contributed by atoms with Crippen LogP contribution in [0.3, 0.4) is 0 Å². The van der Waals surface area contributed by atoms with Gasteiger partial charge in [0.15, 0.2) is 0 Å². The lowest BCUT2D eigenvalue weighted by atomic mass is 9.86. The number of para-hydroxylation sites is 1. The molecule has 10 nitrogen and oxygen atoms in total. The van der Waals surface area contributed by atoms with E-state index in [1.54, 1.807) is 48.3 Å². The predicted octanol–water partition coefficient (Wildman–Crippen LogP) is 5.68. The smallest absolute Gasteiger partial charge is 0.306 e. The van der Waals surface area contributed by atoms with E-state index in [1.807, 2.05) is 50.2 Å². The molecular formula is C30H36N4O6S. The highest BCUT2D eigenvalue weighted by molar-refractivity contribution is 8.22. The van der Waals surface area contributed by atoms with Crippen molar-refractivity contribution in [3.8, 4) is 11.5 Å². The number of aryl methyl sites for hydroxylation is 2. The van der Waals surface area contributed by atoms with Gasteiger partial charge in [-0.2, -0.15) is 4.31 Å². The van der Waals surface area contributed by atoms with Gasteiger partial charge in [-0.05, 0) is 67.3 Å². The van der Waals surface area contributed by atoms with E-state index in [2.05, 4.69) is 10.3 Å². The first kappa shape index (κ1) is 28.9. The van der Waals surface area contributed by atoms with Gasteiger partial charge < -0.3 is 14.2 Å². The molecule has 0 bridgehead atoms. The molecule has 11 heteroatoms. The number of carbonyl (C=O) groups is 1. The van der Waals surface area contributed by atoms with Crippen molar-refractivity contribution in [3.63, 3.8) is 0 Å². The lowest BCUT2D eigenvalue weighted by molar-refractivity contribution is -0.143. The van der Waals surface area contributed by atoms with Crippen LogP contribution >= 0.6 is 10.8 Å². The monoisotopic (exact) mass is 580 g/mol. The van der Waals surface area contributed by atoms with Crippen molar-refractivity contribution in [2.24, 2.45) is 7.05 Å². The zero-order chi connectivity index (χ0) is 29.3. The summed E-state index contributed by atoms with van der Waals surface area (Å²) in [6, 6.07) is 16.9. The van der Waals surface area contributed by atoms with Gasteiger partial charge in [0.1, 0.15) is 33.5 Å². The molecule has 4 aromatic rings. The molecule has 0 saturated heterocycles. The van der Waals surface area contributed by atoms with Gasteiger partial charge in [-0.1, -0.05) is 35.5 Å². The molecule has 0 amide bonds. The van der Waals surface area contributed by atoms with E-state index in [-0.39, 0.29) is 37.6 Å². The molecule has 0 aliphatic carbocycles. The fourth-order valence-corrected chi connectivity index (χ4v) is 6.99. The van der Waals surface area contributed by atoms with Crippen molar-refractivity contribution in [2.75, 3.05) is 20.3 Å². The fraction of sp³-hybridized carbons (Fsp3) is 0.367. The third-order valence-corrected chi connectivity index (χ3v) is 9.33. The molecule has 218 valence electrons. The Labute approximate surface area is 241 Å². The summed E-state index contributed by atoms with van der Waals surface area (Å²) in [5.41, 5.74) is 5.06. The largest absolute Gasteiger partial charge is 0.494 e. The maximum Gasteiger partial charge on any atom is 0.306 e. The summed E-state index contributed by atoms with van der Waals surface area (Å²) in [7, 11) is 0.0888. The number of hydrogen-bond donors (Lipinski definition) is 2. The Kier molecular flexibility index (Phi) is 8.23. The van der Waals surface area contributed by atoms with Crippen LogP contribution in [0, 0.1) is 6.92 Å². The Morgan fingerprint density at radius 1 is 1.17 bits per heavy atom. The summed E-state index contributed by atoms with van der Waals surface area (Å²) >= 11 is 0. The van der Waals surface area contributed by atoms with Crippen LogP contribution in [0.25, 0.3) is 11.0 Å². The van der Waals surface area contributed by atoms with Crippen LogP contribution in [-0.4, -0.2) is 60.7 Å². The summed E-state index contributed by atoms with van der Waals surface area (Å²) < 4.78 is 43.2. The standard InChI is InChI=1S/C30H36N4O6S/c1-6-39-29(35)16-24(22-14-25-30(27(15-22)38-5)33(4)32-31-25)21-12-11-19(2)23(13-21)18-34-17-20(3)40-26-9-7-8-10-28(26)41(34,36)37/h7-15,20,24,36-37H,6,16-18H2,1-5H3. The zero-order valence-corrected chi connectivity index (χ0v) is 24.7. The number of aromatic nitrogens is 3. The van der Waals surface area contributed by atoms with E-state index in [0.717, 1.165) is 27.8 Å². The first-order valence-corrected chi connectivity index (χ1v) is 15.0. The van der Waals surface area contributed by atoms with Gasteiger partial charge in [-0.15, -0.1) is 15.9 Å². The molecule has 1 aliphatic rings. The lowest BCUT2D eigenvalue weighted by Crippen LogP contribution is -2.33. The van der Waals surface area contributed by atoms with Gasteiger partial charge in [0.25, 0.3) is 0 Å². The molecule has 5 rings (SSSR count). The number of rotatable bonds is 8. The van der Waals surface area contributed by atoms with Crippen molar-refractivity contribution < 1.29 is 28.1 Å². The number of carbonyl (C=O) groups excluding carboxylic acids is 1. The predicted molar refractivity (Wildman–Crippen MR) is 157 cm³/mol. The highest BCUT2D eigenvalue weighted by Crippen LogP contribution is 2.57. The van der Waals surface area contributed by atoms with Crippen molar-refractivity contribution >= 4 is 27.8 Å². The van der Waals surface area contributed by atoms with Gasteiger partial charge in [0, 0.05) is 19.5 Å². The summed E-state index contributed by atoms with van der Waals surface area (Å²) in [6.07, 6.45) is -0.140. The van der Waals surface area contributed by atoms with E-state index in [0.29, 0.717) is 28.5 Å². The average molecular weight is 581 g/mol. The number of nitrogens with zero attached hydrogens (tertiary/aromatic N) is 4. The van der Waals surface area contributed by atoms with Crippen LogP contribution in [0.5, 0.6) is 11.5 Å². The Bertz CT molecular complexity index is 1570. The summed E-state index contributed by atoms with van der Waals surface area (Å²) in [5, 5.41) is 8.42. The van der Waals surface area contributed by atoms with Crippen molar-refractivity contribution in [1.29, 1.82) is 0 Å². The molecule has 0 radical (unpaired) electrons. The first-order chi connectivity index (χ1) is 19.6. The van der Waals surface area contributed by atoms with E-state index in [9.17, 15) is 13.9 Å². The van der Waals surface area contributed by atoms with Crippen LogP contribution in [-0.2, 0) is 23.1 Å². The number of methoxy groups -OCH3 is 1. The average Bonchev–Trinajstić information content (AvgIpc) is 3.28. The topological polar surface area (TPSA) is 119 Å². The second kappa shape index (κ2) is 11.7. The van der Waals surface area contributed by atoms with E-state index in [4.69, 9.17) is 14.2 Å². The number of fused-ring (bicyclic) bond motifs is 2. The number of benzene rings is 3. The van der Waals surface area contributed by atoms with E-state index < -0.39 is 10.8 Å². The maximum atomic E-state index is 12.8. The molecule has 0 saturated carbocycles. The number of esters is 1. The maximum absolute atomic E-state index is 12.8. The van der Waals surface area contributed by atoms with Gasteiger partial charge in [-0.3, -0.25) is 13.9 Å². The van der Waals surface area contributed by atoms with E-state index >= 15 is 0 Å². The van der Waals surface area contributed by atoms with E-state index in [1.165, 1.54) is 0 Å². The Morgan fingerprint density at radius 3 is 2.71 bits per heavy atom. The summed E-state index contributed by atoms with van der Waals surface area (Å²) in [6.45, 7) is 6.58. The minimum absolute atomic E-state index is 0.114. The van der Waals surface area contributed by atoms with Gasteiger partial charge in [0.2, 0.25) is 0 Å². The molecule has 2 atom stereocenters. The highest BCUT2D eigenvalue weighted by Gasteiger charge is 2.34. The third-order valence-electron chi connectivity index (χ3n) is 7.40. The summed E-state index contributed by atoms with van der Waals surface area (Å²) in [4.78, 5) is 13.2. The molecule has 0 spiro atoms. The van der Waals surface area contributed by atoms with Gasteiger partial charge in [-0.25, -0.2) is 4.68 Å². The van der Waals surface area contributed by atoms with Gasteiger partial charge in [0.05, 0.1) is 26.7 Å². The lowest BCUT2D eigenvalue weighted by Gasteiger charge is -2.42. The molecule has 3 aromatic carbocycles. The first-order valence-electron chi connectivity index (χ1n) is 13.5. The van der Waals surface area contributed by atoms with Crippen LogP contribution in [0.1, 0.15) is 48.4 Å². The number of ether oxygens (including phenoxy) is 3. The summed E-state index contributed by atoms with van der Waals surface area (Å²) in [5.74, 6) is 0.413. The second-order valence-electron chi connectivity index (χ2n) is 10.3. The Hall–Kier alpha value is -3.64. The quantitative estimate of drug-likeness (QED) is 0.254. The number of hydrogen-bond acceptors (Lipinski definition) is 9. The zero-order valence-electron chi connectivity index (χ0n) is 23.9. The third kappa shape index (κ3) is 5.76. The Balaban J connectivity index is 1.55. The van der Waals surface area contributed by atoms with Crippen LogP contribution in [0.4, 0.5) is 0 Å². The molecule has 41 heavy (non-hydrogen) atoms. The SMILES string of the molecule is CCOC(=O)CC(c1ccc(C)c(CN2CC(C)Oc3ccccc3S2(O)O)c1)c1cc(OC)c2c(c1)nnn2C. The fourth-order valence-electron chi connectivity index (χ4n) is 5.33. The molecule has 1 aromatic heterocycles. The molecule has 2 N–H and O–H groups in total. The molecule has 0 fully saturated rings. The molecule has 1 aliphatic heterocycles. The van der Waals surface area contributed by atoms with Crippen molar-refractivity contribution in [1.82, 2.24) is 19.3 Å². The molecule has 2 heterocycles. The Morgan fingerprint density at radius 2 is 1.95 bits per heavy atom. The van der Waals surface area contributed by atoms with Crippen molar-refractivity contribution in [3.05, 3.63) is 76.9 Å². The molecule has 2 unspecified atom stereocenters. The minimum Gasteiger partial charge on any atom is -0.494 e. The van der Waals surface area contributed by atoms with Crippen LogP contribution in [0.2, 0.25) is 0 Å². The normalized spacial score (nSPS) is 18.2. The van der Waals surface area contributed by atoms with Crippen molar-refractivity contribution in [2.45, 2.75) is 50.7 Å².